The predicted octanol–water partition coefficient (Wildman–Crippen LogP) is 4.89. The molecule has 1 unspecified atom stereocenters. The number of nitrogens with zero attached hydrogens (tertiary/aromatic N) is 1. The summed E-state index contributed by atoms with van der Waals surface area (Å²) in [6.07, 6.45) is 0.558. The van der Waals surface area contributed by atoms with Crippen molar-refractivity contribution in [3.8, 4) is 0 Å². The summed E-state index contributed by atoms with van der Waals surface area (Å²) < 4.78 is 5.12. The van der Waals surface area contributed by atoms with E-state index in [0.29, 0.717) is 6.42 Å². The maximum Gasteiger partial charge on any atom is 0.315 e. The molecule has 4 rings (SSSR count). The summed E-state index contributed by atoms with van der Waals surface area (Å²) in [5.41, 5.74) is 2.75. The summed E-state index contributed by atoms with van der Waals surface area (Å²) in [5, 5.41) is 3.20. The quantitative estimate of drug-likeness (QED) is 0.392. The first-order chi connectivity index (χ1) is 12.8. The highest BCUT2D eigenvalue weighted by atomic mass is 16.5. The van der Waals surface area contributed by atoms with Gasteiger partial charge in [-0.3, -0.25) is 9.78 Å². The van der Waals surface area contributed by atoms with Crippen LogP contribution in [0.25, 0.3) is 21.7 Å². The minimum Gasteiger partial charge on any atom is -0.468 e. The summed E-state index contributed by atoms with van der Waals surface area (Å²) >= 11 is 0. The molecule has 0 saturated heterocycles. The van der Waals surface area contributed by atoms with E-state index in [2.05, 4.69) is 12.1 Å². The van der Waals surface area contributed by atoms with E-state index < -0.39 is 5.92 Å². The molecule has 1 aromatic heterocycles. The zero-order chi connectivity index (χ0) is 17.9. The topological polar surface area (TPSA) is 39.2 Å². The van der Waals surface area contributed by atoms with Gasteiger partial charge in [0, 0.05) is 10.8 Å². The number of esters is 1. The van der Waals surface area contributed by atoms with Crippen LogP contribution in [0.3, 0.4) is 0 Å². The SMILES string of the molecule is COC(=O)C(Cc1ccccc1)c1nc2ccccc2c2ccccc12. The maximum atomic E-state index is 12.6. The fourth-order valence-electron chi connectivity index (χ4n) is 3.48. The van der Waals surface area contributed by atoms with Crippen molar-refractivity contribution >= 4 is 27.6 Å². The summed E-state index contributed by atoms with van der Waals surface area (Å²) in [7, 11) is 1.43. The molecular formula is C23H19NO2. The molecule has 26 heavy (non-hydrogen) atoms. The van der Waals surface area contributed by atoms with Gasteiger partial charge in [-0.2, -0.15) is 0 Å². The van der Waals surface area contributed by atoms with Crippen molar-refractivity contribution in [1.29, 1.82) is 0 Å². The maximum absolute atomic E-state index is 12.6. The number of pyridine rings is 1. The van der Waals surface area contributed by atoms with Gasteiger partial charge in [0.1, 0.15) is 5.92 Å². The number of ether oxygens (including phenoxy) is 1. The van der Waals surface area contributed by atoms with E-state index in [1.165, 1.54) is 7.11 Å². The van der Waals surface area contributed by atoms with Gasteiger partial charge in [0.2, 0.25) is 0 Å². The van der Waals surface area contributed by atoms with Crippen LogP contribution in [-0.2, 0) is 16.0 Å². The molecule has 3 aromatic carbocycles. The van der Waals surface area contributed by atoms with E-state index in [1.807, 2.05) is 66.7 Å². The number of methoxy groups -OCH3 is 1. The summed E-state index contributed by atoms with van der Waals surface area (Å²) in [6.45, 7) is 0. The van der Waals surface area contributed by atoms with Crippen LogP contribution in [0.15, 0.2) is 78.9 Å². The van der Waals surface area contributed by atoms with Gasteiger partial charge in [-0.1, -0.05) is 72.8 Å². The first-order valence-corrected chi connectivity index (χ1v) is 8.67. The lowest BCUT2D eigenvalue weighted by molar-refractivity contribution is -0.142. The Kier molecular flexibility index (Phi) is 4.36. The third-order valence-corrected chi connectivity index (χ3v) is 4.74. The van der Waals surface area contributed by atoms with Gasteiger partial charge in [-0.15, -0.1) is 0 Å². The highest BCUT2D eigenvalue weighted by molar-refractivity contribution is 6.07. The molecule has 128 valence electrons. The number of carbonyl (C=O) groups excluding carboxylic acids is 1. The third-order valence-electron chi connectivity index (χ3n) is 4.74. The number of fused-ring (bicyclic) bond motifs is 3. The van der Waals surface area contributed by atoms with Crippen molar-refractivity contribution in [3.63, 3.8) is 0 Å². The molecule has 0 fully saturated rings. The van der Waals surface area contributed by atoms with Gasteiger partial charge in [0.05, 0.1) is 18.3 Å². The lowest BCUT2D eigenvalue weighted by atomic mass is 9.91. The number of rotatable bonds is 4. The number of carbonyl (C=O) groups is 1. The third kappa shape index (κ3) is 2.92. The normalized spacial score (nSPS) is 12.2. The zero-order valence-corrected chi connectivity index (χ0v) is 14.6. The summed E-state index contributed by atoms with van der Waals surface area (Å²) in [6, 6.07) is 26.1. The van der Waals surface area contributed by atoms with Crippen LogP contribution in [-0.4, -0.2) is 18.1 Å². The Morgan fingerprint density at radius 2 is 1.46 bits per heavy atom. The van der Waals surface area contributed by atoms with Gasteiger partial charge >= 0.3 is 5.97 Å². The van der Waals surface area contributed by atoms with Gasteiger partial charge in [0.15, 0.2) is 0 Å². The molecule has 0 amide bonds. The number of para-hydroxylation sites is 1. The Morgan fingerprint density at radius 3 is 2.19 bits per heavy atom. The highest BCUT2D eigenvalue weighted by Gasteiger charge is 2.26. The van der Waals surface area contributed by atoms with E-state index >= 15 is 0 Å². The van der Waals surface area contributed by atoms with Gasteiger partial charge < -0.3 is 4.74 Å². The molecular weight excluding hydrogens is 322 g/mol. The molecule has 0 radical (unpaired) electrons. The molecule has 0 aliphatic heterocycles. The van der Waals surface area contributed by atoms with Crippen molar-refractivity contribution in [2.24, 2.45) is 0 Å². The molecule has 1 heterocycles. The van der Waals surface area contributed by atoms with Crippen LogP contribution >= 0.6 is 0 Å². The molecule has 0 aliphatic rings. The van der Waals surface area contributed by atoms with Crippen molar-refractivity contribution < 1.29 is 9.53 Å². The Balaban J connectivity index is 1.94. The average Bonchev–Trinajstić information content (AvgIpc) is 2.72. The minimum absolute atomic E-state index is 0.262. The highest BCUT2D eigenvalue weighted by Crippen LogP contribution is 2.32. The second-order valence-electron chi connectivity index (χ2n) is 6.33. The lowest BCUT2D eigenvalue weighted by Crippen LogP contribution is -2.18. The average molecular weight is 341 g/mol. The molecule has 0 aliphatic carbocycles. The van der Waals surface area contributed by atoms with Crippen LogP contribution in [0.1, 0.15) is 17.2 Å². The largest absolute Gasteiger partial charge is 0.468 e. The van der Waals surface area contributed by atoms with Crippen molar-refractivity contribution in [2.75, 3.05) is 7.11 Å². The van der Waals surface area contributed by atoms with Gasteiger partial charge in [-0.25, -0.2) is 0 Å². The van der Waals surface area contributed by atoms with Crippen molar-refractivity contribution in [3.05, 3.63) is 90.1 Å². The standard InChI is InChI=1S/C23H19NO2/c1-26-23(25)20(15-16-9-3-2-4-10-16)22-19-13-6-5-11-17(19)18-12-7-8-14-21(18)24-22/h2-14,20H,15H2,1H3. The Labute approximate surface area is 152 Å². The second-order valence-corrected chi connectivity index (χ2v) is 6.33. The van der Waals surface area contributed by atoms with Gasteiger partial charge in [0.25, 0.3) is 0 Å². The monoisotopic (exact) mass is 341 g/mol. The number of aromatic nitrogens is 1. The molecule has 0 saturated carbocycles. The van der Waals surface area contributed by atoms with Crippen LogP contribution in [0, 0.1) is 0 Å². The number of hydrogen-bond acceptors (Lipinski definition) is 3. The summed E-state index contributed by atoms with van der Waals surface area (Å²) in [4.78, 5) is 17.5. The van der Waals surface area contributed by atoms with E-state index in [9.17, 15) is 4.79 Å². The molecule has 4 aromatic rings. The molecule has 0 spiro atoms. The van der Waals surface area contributed by atoms with E-state index in [1.54, 1.807) is 0 Å². The smallest absolute Gasteiger partial charge is 0.315 e. The Hall–Kier alpha value is -3.20. The number of hydrogen-bond donors (Lipinski definition) is 0. The summed E-state index contributed by atoms with van der Waals surface area (Å²) in [5.74, 6) is -0.710. The fourth-order valence-corrected chi connectivity index (χ4v) is 3.48. The fraction of sp³-hybridized carbons (Fsp3) is 0.130. The first kappa shape index (κ1) is 16.3. The van der Waals surface area contributed by atoms with E-state index in [0.717, 1.165) is 32.9 Å². The number of benzene rings is 3. The predicted molar refractivity (Wildman–Crippen MR) is 104 cm³/mol. The zero-order valence-electron chi connectivity index (χ0n) is 14.6. The van der Waals surface area contributed by atoms with Gasteiger partial charge in [-0.05, 0) is 23.4 Å². The lowest BCUT2D eigenvalue weighted by Gasteiger charge is -2.18. The van der Waals surface area contributed by atoms with Crippen molar-refractivity contribution in [2.45, 2.75) is 12.3 Å². The van der Waals surface area contributed by atoms with E-state index in [-0.39, 0.29) is 5.97 Å². The second kappa shape index (κ2) is 6.96. The Morgan fingerprint density at radius 1 is 0.846 bits per heavy atom. The molecule has 3 heteroatoms. The molecule has 1 atom stereocenters. The van der Waals surface area contributed by atoms with E-state index in [4.69, 9.17) is 9.72 Å². The van der Waals surface area contributed by atoms with Crippen molar-refractivity contribution in [1.82, 2.24) is 4.98 Å². The minimum atomic E-state index is -0.447. The van der Waals surface area contributed by atoms with Crippen LogP contribution < -0.4 is 0 Å². The van der Waals surface area contributed by atoms with Crippen LogP contribution in [0.4, 0.5) is 0 Å². The molecule has 0 bridgehead atoms. The molecule has 0 N–H and O–H groups in total. The Bertz CT molecular complexity index is 1070. The van der Waals surface area contributed by atoms with Crippen LogP contribution in [0.5, 0.6) is 0 Å². The first-order valence-electron chi connectivity index (χ1n) is 8.67. The molecule has 3 nitrogen and oxygen atoms in total. The van der Waals surface area contributed by atoms with Crippen LogP contribution in [0.2, 0.25) is 0 Å².